The van der Waals surface area contributed by atoms with Crippen molar-refractivity contribution in [2.24, 2.45) is 0 Å². The molecule has 0 radical (unpaired) electrons. The maximum atomic E-state index is 10.4. The summed E-state index contributed by atoms with van der Waals surface area (Å²) in [6, 6.07) is 8.18. The third kappa shape index (κ3) is 3.96. The lowest BCUT2D eigenvalue weighted by Gasteiger charge is -2.18. The van der Waals surface area contributed by atoms with Gasteiger partial charge in [-0.3, -0.25) is 9.58 Å². The molecule has 2 aromatic rings. The van der Waals surface area contributed by atoms with Crippen LogP contribution in [0.5, 0.6) is 11.5 Å². The van der Waals surface area contributed by atoms with Crippen molar-refractivity contribution in [2.75, 3.05) is 13.1 Å². The summed E-state index contributed by atoms with van der Waals surface area (Å²) in [4.78, 5) is 2.22. The van der Waals surface area contributed by atoms with E-state index in [2.05, 4.69) is 16.1 Å². The molecular weight excluding hydrogens is 318 g/mol. The number of hydrogen-bond donors (Lipinski definition) is 1. The van der Waals surface area contributed by atoms with E-state index in [9.17, 15) is 5.11 Å². The Labute approximate surface area is 148 Å². The third-order valence-corrected chi connectivity index (χ3v) is 4.72. The Morgan fingerprint density at radius 2 is 2.04 bits per heavy atom. The number of rotatable bonds is 7. The largest absolute Gasteiger partial charge is 0.490 e. The van der Waals surface area contributed by atoms with Gasteiger partial charge in [0.05, 0.1) is 18.5 Å². The number of β-amino-alcohol motifs (C(OH)–C–C–N with tert-alkyl or cyclic N) is 1. The molecule has 134 valence electrons. The number of nitrogens with zero attached hydrogens (tertiary/aromatic N) is 3. The lowest BCUT2D eigenvalue weighted by Crippen LogP contribution is -2.29. The number of benzene rings is 1. The zero-order valence-corrected chi connectivity index (χ0v) is 14.5. The third-order valence-electron chi connectivity index (χ3n) is 4.72. The highest BCUT2D eigenvalue weighted by Gasteiger charge is 2.34. The molecular formula is C19H25N3O3. The molecule has 1 aromatic carbocycles. The molecule has 4 rings (SSSR count). The highest BCUT2D eigenvalue weighted by molar-refractivity contribution is 5.34. The first-order valence-electron chi connectivity index (χ1n) is 9.05. The zero-order chi connectivity index (χ0) is 17.2. The molecule has 1 N–H and O–H groups in total. The average Bonchev–Trinajstić information content (AvgIpc) is 3.20. The van der Waals surface area contributed by atoms with Gasteiger partial charge in [-0.15, -0.1) is 0 Å². The first kappa shape index (κ1) is 16.4. The van der Waals surface area contributed by atoms with Gasteiger partial charge >= 0.3 is 0 Å². The number of likely N-dealkylation sites (tertiary alicyclic amines) is 1. The van der Waals surface area contributed by atoms with E-state index < -0.39 is 6.10 Å². The van der Waals surface area contributed by atoms with Crippen LogP contribution in [0.15, 0.2) is 36.7 Å². The summed E-state index contributed by atoms with van der Waals surface area (Å²) in [5.41, 5.74) is 1.17. The van der Waals surface area contributed by atoms with Crippen LogP contribution in [-0.4, -0.2) is 51.2 Å². The molecule has 0 spiro atoms. The molecule has 0 bridgehead atoms. The van der Waals surface area contributed by atoms with Gasteiger partial charge < -0.3 is 14.6 Å². The monoisotopic (exact) mass is 343 g/mol. The predicted octanol–water partition coefficient (Wildman–Crippen LogP) is 2.07. The fourth-order valence-corrected chi connectivity index (χ4v) is 3.19. The number of aliphatic hydroxyl groups excluding tert-OH is 1. The predicted molar refractivity (Wildman–Crippen MR) is 93.7 cm³/mol. The van der Waals surface area contributed by atoms with Crippen LogP contribution in [0.4, 0.5) is 0 Å². The number of para-hydroxylation sites is 1. The second-order valence-corrected chi connectivity index (χ2v) is 6.87. The van der Waals surface area contributed by atoms with Crippen molar-refractivity contribution in [2.45, 2.75) is 51.2 Å². The molecule has 1 saturated heterocycles. The van der Waals surface area contributed by atoms with Crippen LogP contribution in [0.25, 0.3) is 0 Å². The summed E-state index contributed by atoms with van der Waals surface area (Å²) < 4.78 is 13.8. The summed E-state index contributed by atoms with van der Waals surface area (Å²) in [7, 11) is 0. The van der Waals surface area contributed by atoms with E-state index in [0.29, 0.717) is 24.9 Å². The van der Waals surface area contributed by atoms with Gasteiger partial charge in [0.15, 0.2) is 5.75 Å². The molecule has 25 heavy (non-hydrogen) atoms. The minimum absolute atomic E-state index is 0.231. The Hall–Kier alpha value is -2.05. The Morgan fingerprint density at radius 1 is 1.20 bits per heavy atom. The maximum Gasteiger partial charge on any atom is 0.157 e. The zero-order valence-electron chi connectivity index (χ0n) is 14.5. The molecule has 1 aliphatic carbocycles. The summed E-state index contributed by atoms with van der Waals surface area (Å²) in [5.74, 6) is 1.68. The summed E-state index contributed by atoms with van der Waals surface area (Å²) in [6.45, 7) is 4.89. The van der Waals surface area contributed by atoms with Crippen LogP contribution < -0.4 is 9.47 Å². The van der Waals surface area contributed by atoms with E-state index in [1.54, 1.807) is 6.20 Å². The van der Waals surface area contributed by atoms with Crippen molar-refractivity contribution < 1.29 is 14.6 Å². The molecule has 6 nitrogen and oxygen atoms in total. The normalized spacial score (nSPS) is 23.8. The molecule has 6 heteroatoms. The summed E-state index contributed by atoms with van der Waals surface area (Å²) >= 11 is 0. The molecule has 2 heterocycles. The minimum atomic E-state index is -0.499. The van der Waals surface area contributed by atoms with Crippen molar-refractivity contribution in [3.63, 3.8) is 0 Å². The minimum Gasteiger partial charge on any atom is -0.490 e. The molecule has 0 amide bonds. The van der Waals surface area contributed by atoms with Crippen LogP contribution in [0.2, 0.25) is 0 Å². The quantitative estimate of drug-likeness (QED) is 0.834. The second-order valence-electron chi connectivity index (χ2n) is 6.87. The van der Waals surface area contributed by atoms with Gasteiger partial charge in [-0.05, 0) is 25.8 Å². The van der Waals surface area contributed by atoms with Crippen molar-refractivity contribution in [3.05, 3.63) is 42.2 Å². The number of aryl methyl sites for hydroxylation is 1. The van der Waals surface area contributed by atoms with Crippen molar-refractivity contribution >= 4 is 0 Å². The molecule has 2 fully saturated rings. The van der Waals surface area contributed by atoms with Gasteiger partial charge in [0.25, 0.3) is 0 Å². The van der Waals surface area contributed by atoms with E-state index in [1.165, 1.54) is 5.56 Å². The van der Waals surface area contributed by atoms with E-state index in [-0.39, 0.29) is 6.10 Å². The fraction of sp³-hybridized carbons (Fsp3) is 0.526. The van der Waals surface area contributed by atoms with Gasteiger partial charge in [-0.1, -0.05) is 18.2 Å². The van der Waals surface area contributed by atoms with Gasteiger partial charge in [0, 0.05) is 31.7 Å². The van der Waals surface area contributed by atoms with Crippen LogP contribution >= 0.6 is 0 Å². The second kappa shape index (κ2) is 7.06. The highest BCUT2D eigenvalue weighted by Crippen LogP contribution is 2.30. The molecule has 2 atom stereocenters. The van der Waals surface area contributed by atoms with Crippen LogP contribution in [-0.2, 0) is 13.1 Å². The van der Waals surface area contributed by atoms with Crippen molar-refractivity contribution in [1.82, 2.24) is 14.7 Å². The first-order chi connectivity index (χ1) is 12.2. The molecule has 2 aliphatic rings. The first-order valence-corrected chi connectivity index (χ1v) is 9.05. The van der Waals surface area contributed by atoms with Gasteiger partial charge in [0.1, 0.15) is 18.0 Å². The number of aromatic nitrogens is 2. The van der Waals surface area contributed by atoms with Gasteiger partial charge in [-0.2, -0.15) is 5.10 Å². The van der Waals surface area contributed by atoms with Crippen LogP contribution in [0.1, 0.15) is 25.3 Å². The van der Waals surface area contributed by atoms with Crippen LogP contribution in [0.3, 0.4) is 0 Å². The van der Waals surface area contributed by atoms with E-state index in [0.717, 1.165) is 31.7 Å². The Bertz CT molecular complexity index is 713. The van der Waals surface area contributed by atoms with Crippen molar-refractivity contribution in [3.8, 4) is 11.5 Å². The van der Waals surface area contributed by atoms with Crippen LogP contribution in [0, 0.1) is 0 Å². The standard InChI is InChI=1S/C19H25N3O3/c1-2-22-11-16(9-20-22)25-19-13-21(12-17(19)23)10-14-5-3-4-6-18(14)24-15-7-8-15/h3-6,9,11,15,17,19,23H,2,7-8,10,12-13H2,1H3/t17-,19-/m1/s1. The average molecular weight is 343 g/mol. The van der Waals surface area contributed by atoms with Gasteiger partial charge in [-0.25, -0.2) is 0 Å². The topological polar surface area (TPSA) is 59.8 Å². The highest BCUT2D eigenvalue weighted by atomic mass is 16.5. The Balaban J connectivity index is 1.38. The molecule has 0 unspecified atom stereocenters. The Kier molecular flexibility index (Phi) is 4.63. The number of hydrogen-bond acceptors (Lipinski definition) is 5. The van der Waals surface area contributed by atoms with Crippen molar-refractivity contribution in [1.29, 1.82) is 0 Å². The maximum absolute atomic E-state index is 10.4. The SMILES string of the molecule is CCn1cc(O[C@@H]2CN(Cc3ccccc3OC3CC3)C[C@H]2O)cn1. The molecule has 1 saturated carbocycles. The summed E-state index contributed by atoms with van der Waals surface area (Å²) in [6.07, 6.45) is 5.53. The number of ether oxygens (including phenoxy) is 2. The fourth-order valence-electron chi connectivity index (χ4n) is 3.19. The van der Waals surface area contributed by atoms with E-state index in [4.69, 9.17) is 9.47 Å². The van der Waals surface area contributed by atoms with E-state index >= 15 is 0 Å². The molecule has 1 aliphatic heterocycles. The lowest BCUT2D eigenvalue weighted by atomic mass is 10.2. The van der Waals surface area contributed by atoms with Gasteiger partial charge in [0.2, 0.25) is 0 Å². The molecule has 1 aromatic heterocycles. The van der Waals surface area contributed by atoms with E-state index in [1.807, 2.05) is 36.0 Å². The smallest absolute Gasteiger partial charge is 0.157 e. The summed E-state index contributed by atoms with van der Waals surface area (Å²) in [5, 5.41) is 14.6. The lowest BCUT2D eigenvalue weighted by molar-refractivity contribution is 0.0736. The number of aliphatic hydroxyl groups is 1. The Morgan fingerprint density at radius 3 is 2.80 bits per heavy atom.